The number of fused-ring (bicyclic) bond motifs is 1. The maximum Gasteiger partial charge on any atom is 0.243 e. The third-order valence-electron chi connectivity index (χ3n) is 15.3. The van der Waals surface area contributed by atoms with Crippen LogP contribution in [0.2, 0.25) is 0 Å². The zero-order valence-electron chi connectivity index (χ0n) is 49.1. The SMILES string of the molecule is C[C@@H](O)[C@H](NC(=O)[C@H](Cc1ccccc1)NC(=O)[C@H](CCCCN)NC(=O)[C@@H](Cc1c[nH]c2ccccc12)NC(=O)[C@H](Cc1ccccc1)NC(=O)[C@H](Cc1ccccc1)NC(=O)[C@@H](Cc1ccccc1)NC(=O)CN1CCN(CCO)CC1)C(N)=O. The minimum Gasteiger partial charge on any atom is -0.395 e. The number of rotatable bonds is 33. The van der Waals surface area contributed by atoms with Gasteiger partial charge in [0.1, 0.15) is 42.3 Å². The van der Waals surface area contributed by atoms with Crippen molar-refractivity contribution in [2.75, 3.05) is 52.4 Å². The minimum absolute atomic E-state index is 0.0123. The van der Waals surface area contributed by atoms with Gasteiger partial charge in [-0.25, -0.2) is 0 Å². The second-order valence-electron chi connectivity index (χ2n) is 22.0. The Kier molecular flexibility index (Phi) is 25.5. The van der Waals surface area contributed by atoms with Gasteiger partial charge in [0.15, 0.2) is 0 Å². The first-order valence-electron chi connectivity index (χ1n) is 29.6. The van der Waals surface area contributed by atoms with Crippen molar-refractivity contribution in [3.63, 3.8) is 0 Å². The third-order valence-corrected chi connectivity index (χ3v) is 15.3. The monoisotopic (exact) mass is 1190 g/mol. The van der Waals surface area contributed by atoms with Crippen LogP contribution in [-0.4, -0.2) is 173 Å². The fraction of sp³-hybridized carbons (Fsp3) is 0.385. The Balaban J connectivity index is 1.17. The van der Waals surface area contributed by atoms with Crippen molar-refractivity contribution >= 4 is 58.2 Å². The maximum atomic E-state index is 15.2. The molecule has 22 nitrogen and oxygen atoms in total. The molecule has 1 fully saturated rings. The number of hydrogen-bond donors (Lipinski definition) is 12. The number of aromatic amines is 1. The molecule has 87 heavy (non-hydrogen) atoms. The van der Waals surface area contributed by atoms with Crippen LogP contribution in [0.4, 0.5) is 0 Å². The molecule has 0 aliphatic carbocycles. The highest BCUT2D eigenvalue weighted by atomic mass is 16.3. The molecule has 8 atom stereocenters. The summed E-state index contributed by atoms with van der Waals surface area (Å²) >= 11 is 0. The molecule has 7 rings (SSSR count). The van der Waals surface area contributed by atoms with E-state index in [1.807, 2.05) is 65.6 Å². The molecule has 1 aliphatic heterocycles. The van der Waals surface area contributed by atoms with Gasteiger partial charge in [0.05, 0.1) is 19.3 Å². The number of para-hydroxylation sites is 1. The zero-order chi connectivity index (χ0) is 62.1. The van der Waals surface area contributed by atoms with Crippen molar-refractivity contribution in [1.82, 2.24) is 52.0 Å². The second-order valence-corrected chi connectivity index (χ2v) is 22.0. The van der Waals surface area contributed by atoms with Gasteiger partial charge in [-0.2, -0.15) is 0 Å². The highest BCUT2D eigenvalue weighted by molar-refractivity contribution is 5.98. The van der Waals surface area contributed by atoms with Crippen LogP contribution < -0.4 is 48.7 Å². The van der Waals surface area contributed by atoms with Gasteiger partial charge in [-0.1, -0.05) is 140 Å². The Morgan fingerprint density at radius 2 is 0.874 bits per heavy atom. The Hall–Kier alpha value is -8.80. The standard InChI is InChI=1S/C65H82N12O10/c1-43(79)58(59(67)81)75-65(87)55(39-47-24-12-5-13-25-47)71-60(82)51(28-16-17-29-66)70-64(86)56(40-48-41-68-50-27-15-14-26-49(48)50)74-63(85)54(38-46-22-10-4-11-23-46)73-62(84)53(37-45-20-8-3-9-21-45)72-61(83)52(36-44-18-6-2-7-19-44)69-57(80)42-77-32-30-76(31-33-77)34-35-78/h2-15,18-27,41,43,51-56,58,68,78-79H,16-17,28-40,42,66H2,1H3,(H2,67,81)(H,69,80)(H,70,86)(H,71,82)(H,72,83)(H,73,84)(H,74,85)(H,75,87)/t43-,51+,52-,53+,54+,55+,56-,58+/m1/s1. The first-order chi connectivity index (χ1) is 42.1. The average molecular weight is 1190 g/mol. The summed E-state index contributed by atoms with van der Waals surface area (Å²) in [6.07, 6.45) is 1.12. The molecule has 0 bridgehead atoms. The van der Waals surface area contributed by atoms with Crippen molar-refractivity contribution in [3.05, 3.63) is 180 Å². The van der Waals surface area contributed by atoms with Crippen LogP contribution in [0.25, 0.3) is 10.9 Å². The van der Waals surface area contributed by atoms with E-state index < -0.39 is 89.7 Å². The number of carbonyl (C=O) groups is 8. The van der Waals surface area contributed by atoms with E-state index in [2.05, 4.69) is 47.1 Å². The van der Waals surface area contributed by atoms with Crippen molar-refractivity contribution in [1.29, 1.82) is 0 Å². The number of aliphatic hydroxyl groups excluding tert-OH is 2. The van der Waals surface area contributed by atoms with E-state index in [0.717, 1.165) is 16.5 Å². The molecule has 1 saturated heterocycles. The highest BCUT2D eigenvalue weighted by Crippen LogP contribution is 2.20. The molecule has 14 N–H and O–H groups in total. The van der Waals surface area contributed by atoms with E-state index in [1.54, 1.807) is 91.1 Å². The number of amides is 8. The number of aromatic nitrogens is 1. The number of nitrogens with one attached hydrogen (secondary N) is 8. The molecule has 8 amide bonds. The number of carbonyl (C=O) groups excluding carboxylic acids is 8. The molecule has 22 heteroatoms. The van der Waals surface area contributed by atoms with Gasteiger partial charge in [0, 0.05) is 81.9 Å². The van der Waals surface area contributed by atoms with E-state index in [9.17, 15) is 34.2 Å². The molecular formula is C65H82N12O10. The molecule has 0 unspecified atom stereocenters. The van der Waals surface area contributed by atoms with Gasteiger partial charge in [-0.15, -0.1) is 0 Å². The summed E-state index contributed by atoms with van der Waals surface area (Å²) in [6.45, 7) is 4.68. The van der Waals surface area contributed by atoms with Gasteiger partial charge >= 0.3 is 0 Å². The average Bonchev–Trinajstić information content (AvgIpc) is 2.89. The highest BCUT2D eigenvalue weighted by Gasteiger charge is 2.36. The molecule has 0 radical (unpaired) electrons. The first kappa shape index (κ1) is 65.7. The molecule has 0 saturated carbocycles. The van der Waals surface area contributed by atoms with Crippen molar-refractivity contribution in [2.24, 2.45) is 11.5 Å². The van der Waals surface area contributed by atoms with E-state index in [-0.39, 0.29) is 64.1 Å². The van der Waals surface area contributed by atoms with Crippen LogP contribution in [0.5, 0.6) is 0 Å². The van der Waals surface area contributed by atoms with Crippen LogP contribution >= 0.6 is 0 Å². The lowest BCUT2D eigenvalue weighted by Crippen LogP contribution is -2.61. The van der Waals surface area contributed by atoms with Crippen molar-refractivity contribution in [3.8, 4) is 0 Å². The summed E-state index contributed by atoms with van der Waals surface area (Å²) in [5, 5.41) is 40.2. The Morgan fingerprint density at radius 3 is 1.30 bits per heavy atom. The van der Waals surface area contributed by atoms with Crippen molar-refractivity contribution in [2.45, 2.75) is 107 Å². The van der Waals surface area contributed by atoms with Crippen LogP contribution in [0.3, 0.4) is 0 Å². The lowest BCUT2D eigenvalue weighted by Gasteiger charge is -2.34. The molecular weight excluding hydrogens is 1110 g/mol. The normalized spacial score (nSPS) is 15.4. The number of hydrogen-bond acceptors (Lipinski definition) is 13. The lowest BCUT2D eigenvalue weighted by atomic mass is 9.99. The lowest BCUT2D eigenvalue weighted by molar-refractivity contribution is -0.136. The number of aliphatic hydroxyl groups is 2. The van der Waals surface area contributed by atoms with Gasteiger partial charge in [-0.3, -0.25) is 48.2 Å². The molecule has 1 aliphatic rings. The van der Waals surface area contributed by atoms with E-state index in [4.69, 9.17) is 11.5 Å². The summed E-state index contributed by atoms with van der Waals surface area (Å²) in [7, 11) is 0. The number of primary amides is 1. The van der Waals surface area contributed by atoms with Gasteiger partial charge in [-0.05, 0) is 66.6 Å². The predicted octanol–water partition coefficient (Wildman–Crippen LogP) is 0.680. The summed E-state index contributed by atoms with van der Waals surface area (Å²) in [5.41, 5.74) is 15.6. The van der Waals surface area contributed by atoms with Crippen LogP contribution in [0, 0.1) is 0 Å². The molecule has 462 valence electrons. The summed E-state index contributed by atoms with van der Waals surface area (Å²) < 4.78 is 0. The summed E-state index contributed by atoms with van der Waals surface area (Å²) in [4.78, 5) is 122. The molecule has 5 aromatic carbocycles. The molecule has 2 heterocycles. The molecule has 1 aromatic heterocycles. The van der Waals surface area contributed by atoms with Crippen LogP contribution in [0.15, 0.2) is 152 Å². The van der Waals surface area contributed by atoms with Crippen molar-refractivity contribution < 1.29 is 48.6 Å². The van der Waals surface area contributed by atoms with E-state index in [0.29, 0.717) is 67.8 Å². The van der Waals surface area contributed by atoms with Gasteiger partial charge in [0.2, 0.25) is 47.3 Å². The van der Waals surface area contributed by atoms with Gasteiger partial charge < -0.3 is 63.9 Å². The molecule has 0 spiro atoms. The second kappa shape index (κ2) is 33.8. The fourth-order valence-corrected chi connectivity index (χ4v) is 10.5. The summed E-state index contributed by atoms with van der Waals surface area (Å²) in [6, 6.07) is 34.0. The smallest absolute Gasteiger partial charge is 0.243 e. The number of H-pyrrole nitrogens is 1. The predicted molar refractivity (Wildman–Crippen MR) is 330 cm³/mol. The Labute approximate surface area is 507 Å². The number of nitrogens with two attached hydrogens (primary N) is 2. The number of β-amino-alcohol motifs (C(OH)–C–C–N with tert-alkyl or cyclic N) is 1. The number of nitrogens with zero attached hydrogens (tertiary/aromatic N) is 2. The summed E-state index contributed by atoms with van der Waals surface area (Å²) in [5.74, 6) is -5.87. The Bertz CT molecular complexity index is 3180. The minimum atomic E-state index is -1.48. The zero-order valence-corrected chi connectivity index (χ0v) is 49.1. The Morgan fingerprint density at radius 1 is 0.494 bits per heavy atom. The topological polar surface area (TPSA) is 336 Å². The quantitative estimate of drug-likeness (QED) is 0.0253. The van der Waals surface area contributed by atoms with Gasteiger partial charge in [0.25, 0.3) is 0 Å². The largest absolute Gasteiger partial charge is 0.395 e. The van der Waals surface area contributed by atoms with E-state index >= 15 is 14.4 Å². The number of piperazine rings is 1. The first-order valence-corrected chi connectivity index (χ1v) is 29.6. The number of benzene rings is 5. The van der Waals surface area contributed by atoms with Crippen LogP contribution in [0.1, 0.15) is 54.0 Å². The third kappa shape index (κ3) is 20.7. The maximum absolute atomic E-state index is 15.2. The van der Waals surface area contributed by atoms with Crippen LogP contribution in [-0.2, 0) is 70.5 Å². The fourth-order valence-electron chi connectivity index (χ4n) is 10.5. The molecule has 6 aromatic rings. The number of unbranched alkanes of at least 4 members (excludes halogenated alkanes) is 1. The van der Waals surface area contributed by atoms with E-state index in [1.165, 1.54) is 6.92 Å².